The molecule has 1 heterocycles. The van der Waals surface area contributed by atoms with Crippen molar-refractivity contribution < 1.29 is 4.79 Å². The van der Waals surface area contributed by atoms with E-state index in [2.05, 4.69) is 15.7 Å². The standard InChI is InChI=1S/C15H14N4OS/c1-9-6-11(19-16)2-4-12(9)15(20)18-10-3-5-13-14(7-10)21-8-17-13/h2-8,19H,16H2,1H3,(H,18,20). The molecule has 0 bridgehead atoms. The predicted octanol–water partition coefficient (Wildman–Crippen LogP) is 3.14. The Kier molecular flexibility index (Phi) is 3.55. The molecular weight excluding hydrogens is 284 g/mol. The highest BCUT2D eigenvalue weighted by Crippen LogP contribution is 2.23. The van der Waals surface area contributed by atoms with Gasteiger partial charge in [-0.25, -0.2) is 4.98 Å². The molecular formula is C15H14N4OS. The molecule has 1 aromatic heterocycles. The van der Waals surface area contributed by atoms with E-state index in [1.807, 2.05) is 31.2 Å². The van der Waals surface area contributed by atoms with Crippen LogP contribution in [0.1, 0.15) is 15.9 Å². The van der Waals surface area contributed by atoms with E-state index in [1.165, 1.54) is 0 Å². The molecule has 0 saturated carbocycles. The molecule has 0 radical (unpaired) electrons. The molecule has 0 aliphatic rings. The van der Waals surface area contributed by atoms with Gasteiger partial charge in [-0.05, 0) is 48.9 Å². The number of nitrogens with one attached hydrogen (secondary N) is 2. The molecule has 0 spiro atoms. The smallest absolute Gasteiger partial charge is 0.255 e. The zero-order valence-electron chi connectivity index (χ0n) is 11.4. The number of nitrogens with zero attached hydrogens (tertiary/aromatic N) is 1. The van der Waals surface area contributed by atoms with Crippen molar-refractivity contribution in [2.45, 2.75) is 6.92 Å². The molecule has 3 rings (SSSR count). The SMILES string of the molecule is Cc1cc(NN)ccc1C(=O)Nc1ccc2ncsc2c1. The van der Waals surface area contributed by atoms with Crippen molar-refractivity contribution in [1.82, 2.24) is 4.98 Å². The second-order valence-electron chi connectivity index (χ2n) is 4.66. The normalized spacial score (nSPS) is 10.6. The number of aromatic nitrogens is 1. The average molecular weight is 298 g/mol. The van der Waals surface area contributed by atoms with Crippen molar-refractivity contribution in [2.75, 3.05) is 10.7 Å². The number of hydrogen-bond donors (Lipinski definition) is 3. The number of rotatable bonds is 3. The Balaban J connectivity index is 1.85. The molecule has 106 valence electrons. The fourth-order valence-corrected chi connectivity index (χ4v) is 2.86. The maximum absolute atomic E-state index is 12.3. The number of anilines is 2. The van der Waals surface area contributed by atoms with Crippen molar-refractivity contribution in [3.05, 3.63) is 53.0 Å². The van der Waals surface area contributed by atoms with Crippen LogP contribution < -0.4 is 16.6 Å². The van der Waals surface area contributed by atoms with Crippen molar-refractivity contribution in [3.63, 3.8) is 0 Å². The summed E-state index contributed by atoms with van der Waals surface area (Å²) >= 11 is 1.55. The molecule has 2 aromatic carbocycles. The zero-order valence-corrected chi connectivity index (χ0v) is 12.2. The number of carbonyl (C=O) groups is 1. The highest BCUT2D eigenvalue weighted by Gasteiger charge is 2.10. The Labute approximate surface area is 125 Å². The first-order chi connectivity index (χ1) is 10.2. The summed E-state index contributed by atoms with van der Waals surface area (Å²) in [5.41, 5.74) is 8.31. The molecule has 6 heteroatoms. The zero-order chi connectivity index (χ0) is 14.8. The highest BCUT2D eigenvalue weighted by molar-refractivity contribution is 7.16. The van der Waals surface area contributed by atoms with Gasteiger partial charge >= 0.3 is 0 Å². The molecule has 0 unspecified atom stereocenters. The number of benzene rings is 2. The number of amides is 1. The summed E-state index contributed by atoms with van der Waals surface area (Å²) in [6.45, 7) is 1.88. The van der Waals surface area contributed by atoms with Crippen LogP contribution in [-0.4, -0.2) is 10.9 Å². The molecule has 0 fully saturated rings. The van der Waals surface area contributed by atoms with Gasteiger partial charge in [0.2, 0.25) is 0 Å². The summed E-state index contributed by atoms with van der Waals surface area (Å²) < 4.78 is 1.05. The van der Waals surface area contributed by atoms with E-state index in [-0.39, 0.29) is 5.91 Å². The Morgan fingerprint density at radius 1 is 1.19 bits per heavy atom. The number of fused-ring (bicyclic) bond motifs is 1. The molecule has 0 aliphatic carbocycles. The van der Waals surface area contributed by atoms with Crippen molar-refractivity contribution in [2.24, 2.45) is 5.84 Å². The van der Waals surface area contributed by atoms with Gasteiger partial charge in [0.1, 0.15) is 0 Å². The Hall–Kier alpha value is -2.44. The first-order valence-corrected chi connectivity index (χ1v) is 7.27. The maximum Gasteiger partial charge on any atom is 0.255 e. The highest BCUT2D eigenvalue weighted by atomic mass is 32.1. The quantitative estimate of drug-likeness (QED) is 0.512. The van der Waals surface area contributed by atoms with Crippen LogP contribution in [0.5, 0.6) is 0 Å². The number of nitrogens with two attached hydrogens (primary N) is 1. The van der Waals surface area contributed by atoms with E-state index in [0.29, 0.717) is 5.56 Å². The van der Waals surface area contributed by atoms with Crippen LogP contribution >= 0.6 is 11.3 Å². The third kappa shape index (κ3) is 2.72. The molecule has 0 saturated heterocycles. The number of thiazole rings is 1. The van der Waals surface area contributed by atoms with Crippen LogP contribution in [0, 0.1) is 6.92 Å². The molecule has 21 heavy (non-hydrogen) atoms. The van der Waals surface area contributed by atoms with Crippen LogP contribution in [0.15, 0.2) is 41.9 Å². The lowest BCUT2D eigenvalue weighted by Gasteiger charge is -2.09. The summed E-state index contributed by atoms with van der Waals surface area (Å²) in [7, 11) is 0. The minimum atomic E-state index is -0.139. The monoisotopic (exact) mass is 298 g/mol. The lowest BCUT2D eigenvalue weighted by atomic mass is 10.1. The van der Waals surface area contributed by atoms with Gasteiger partial charge in [-0.3, -0.25) is 10.6 Å². The molecule has 4 N–H and O–H groups in total. The van der Waals surface area contributed by atoms with E-state index < -0.39 is 0 Å². The van der Waals surface area contributed by atoms with Crippen LogP contribution in [0.3, 0.4) is 0 Å². The van der Waals surface area contributed by atoms with Crippen LogP contribution in [0.25, 0.3) is 10.2 Å². The van der Waals surface area contributed by atoms with E-state index in [0.717, 1.165) is 27.2 Å². The summed E-state index contributed by atoms with van der Waals surface area (Å²) in [6.07, 6.45) is 0. The Bertz CT molecular complexity index is 812. The van der Waals surface area contributed by atoms with Gasteiger partial charge in [-0.1, -0.05) is 0 Å². The summed E-state index contributed by atoms with van der Waals surface area (Å²) in [4.78, 5) is 16.6. The molecule has 3 aromatic rings. The van der Waals surface area contributed by atoms with Gasteiger partial charge in [0, 0.05) is 16.9 Å². The molecule has 1 amide bonds. The minimum absolute atomic E-state index is 0.139. The first-order valence-electron chi connectivity index (χ1n) is 6.39. The van der Waals surface area contributed by atoms with Gasteiger partial charge < -0.3 is 10.7 Å². The van der Waals surface area contributed by atoms with Crippen LogP contribution in [0.4, 0.5) is 11.4 Å². The molecule has 0 aliphatic heterocycles. The lowest BCUT2D eigenvalue weighted by molar-refractivity contribution is 0.102. The number of carbonyl (C=O) groups excluding carboxylic acids is 1. The van der Waals surface area contributed by atoms with Crippen molar-refractivity contribution in [1.29, 1.82) is 0 Å². The lowest BCUT2D eigenvalue weighted by Crippen LogP contribution is -2.14. The van der Waals surface area contributed by atoms with Gasteiger partial charge in [0.15, 0.2) is 0 Å². The van der Waals surface area contributed by atoms with Crippen molar-refractivity contribution >= 4 is 38.8 Å². The first kappa shape index (κ1) is 13.5. The largest absolute Gasteiger partial charge is 0.324 e. The average Bonchev–Trinajstić information content (AvgIpc) is 2.94. The number of hydrazine groups is 1. The van der Waals surface area contributed by atoms with E-state index in [9.17, 15) is 4.79 Å². The number of hydrogen-bond acceptors (Lipinski definition) is 5. The van der Waals surface area contributed by atoms with Crippen LogP contribution in [-0.2, 0) is 0 Å². The second-order valence-corrected chi connectivity index (χ2v) is 5.55. The summed E-state index contributed by atoms with van der Waals surface area (Å²) in [5, 5.41) is 2.91. The van der Waals surface area contributed by atoms with E-state index in [1.54, 1.807) is 29.0 Å². The third-order valence-corrected chi connectivity index (χ3v) is 4.02. The van der Waals surface area contributed by atoms with Gasteiger partial charge in [-0.15, -0.1) is 11.3 Å². The second kappa shape index (κ2) is 5.51. The van der Waals surface area contributed by atoms with Gasteiger partial charge in [0.05, 0.1) is 15.7 Å². The van der Waals surface area contributed by atoms with Crippen LogP contribution in [0.2, 0.25) is 0 Å². The fraction of sp³-hybridized carbons (Fsp3) is 0.0667. The predicted molar refractivity (Wildman–Crippen MR) is 86.6 cm³/mol. The number of aryl methyl sites for hydroxylation is 1. The van der Waals surface area contributed by atoms with Gasteiger partial charge in [0.25, 0.3) is 5.91 Å². The van der Waals surface area contributed by atoms with Gasteiger partial charge in [-0.2, -0.15) is 0 Å². The molecule has 5 nitrogen and oxygen atoms in total. The third-order valence-electron chi connectivity index (χ3n) is 3.23. The maximum atomic E-state index is 12.3. The van der Waals surface area contributed by atoms with E-state index >= 15 is 0 Å². The Morgan fingerprint density at radius 3 is 2.76 bits per heavy atom. The molecule has 0 atom stereocenters. The van der Waals surface area contributed by atoms with Crippen molar-refractivity contribution in [3.8, 4) is 0 Å². The topological polar surface area (TPSA) is 80.0 Å². The minimum Gasteiger partial charge on any atom is -0.324 e. The fourth-order valence-electron chi connectivity index (χ4n) is 2.14. The summed E-state index contributed by atoms with van der Waals surface area (Å²) in [5.74, 6) is 5.22. The Morgan fingerprint density at radius 2 is 2.00 bits per heavy atom. The number of nitrogen functional groups attached to an aromatic ring is 1. The summed E-state index contributed by atoms with van der Waals surface area (Å²) in [6, 6.07) is 11.0. The van der Waals surface area contributed by atoms with E-state index in [4.69, 9.17) is 5.84 Å².